The van der Waals surface area contributed by atoms with Crippen molar-refractivity contribution in [2.24, 2.45) is 29.6 Å². The quantitative estimate of drug-likeness (QED) is 0.755. The zero-order valence-corrected chi connectivity index (χ0v) is 11.7. The lowest BCUT2D eigenvalue weighted by Crippen LogP contribution is -2.45. The first kappa shape index (κ1) is 12.1. The summed E-state index contributed by atoms with van der Waals surface area (Å²) in [5.41, 5.74) is 2.07. The van der Waals surface area contributed by atoms with Crippen LogP contribution in [0.15, 0.2) is 30.1 Å². The molecule has 0 saturated heterocycles. The molecule has 1 aromatic rings. The lowest BCUT2D eigenvalue weighted by molar-refractivity contribution is -0.0187. The normalized spacial score (nSPS) is 38.8. The van der Waals surface area contributed by atoms with Crippen LogP contribution < -0.4 is 0 Å². The molecule has 0 atom stereocenters. The molecule has 0 aromatic carbocycles. The van der Waals surface area contributed by atoms with E-state index in [1.807, 2.05) is 18.3 Å². The van der Waals surface area contributed by atoms with Gasteiger partial charge in [-0.2, -0.15) is 5.26 Å². The monoisotopic (exact) mass is 264 g/mol. The van der Waals surface area contributed by atoms with Gasteiger partial charge in [0.15, 0.2) is 0 Å². The fourth-order valence-corrected chi connectivity index (χ4v) is 5.28. The van der Waals surface area contributed by atoms with E-state index in [0.29, 0.717) is 5.92 Å². The van der Waals surface area contributed by atoms with E-state index in [-0.39, 0.29) is 0 Å². The van der Waals surface area contributed by atoms with Gasteiger partial charge in [0.25, 0.3) is 0 Å². The molecular weight excluding hydrogens is 244 g/mol. The highest BCUT2D eigenvalue weighted by atomic mass is 14.6. The van der Waals surface area contributed by atoms with E-state index in [0.717, 1.165) is 34.8 Å². The van der Waals surface area contributed by atoms with Crippen LogP contribution in [0.3, 0.4) is 0 Å². The first-order valence-corrected chi connectivity index (χ1v) is 7.85. The summed E-state index contributed by atoms with van der Waals surface area (Å²) >= 11 is 0. The van der Waals surface area contributed by atoms with Crippen molar-refractivity contribution < 1.29 is 0 Å². The molecule has 4 aliphatic carbocycles. The first-order valence-electron chi connectivity index (χ1n) is 7.85. The van der Waals surface area contributed by atoms with E-state index in [9.17, 15) is 5.26 Å². The largest absolute Gasteiger partial charge is 0.264 e. The predicted molar refractivity (Wildman–Crippen MR) is 78.4 cm³/mol. The van der Waals surface area contributed by atoms with Gasteiger partial charge >= 0.3 is 0 Å². The Bertz CT molecular complexity index is 539. The molecule has 4 bridgehead atoms. The van der Waals surface area contributed by atoms with Gasteiger partial charge in [0, 0.05) is 18.0 Å². The Balaban J connectivity index is 1.66. The first-order chi connectivity index (χ1) is 9.83. The van der Waals surface area contributed by atoms with Crippen LogP contribution in [0.2, 0.25) is 0 Å². The Labute approximate surface area is 120 Å². The zero-order valence-electron chi connectivity index (χ0n) is 11.7. The number of pyridine rings is 1. The van der Waals surface area contributed by atoms with E-state index in [2.05, 4.69) is 17.1 Å². The summed E-state index contributed by atoms with van der Waals surface area (Å²) in [7, 11) is 0. The molecule has 0 spiro atoms. The Kier molecular flexibility index (Phi) is 2.88. The second kappa shape index (κ2) is 4.74. The Hall–Kier alpha value is -1.62. The van der Waals surface area contributed by atoms with E-state index in [4.69, 9.17) is 0 Å². The molecule has 0 aliphatic heterocycles. The lowest BCUT2D eigenvalue weighted by Gasteiger charge is -2.54. The van der Waals surface area contributed by atoms with Crippen molar-refractivity contribution in [3.05, 3.63) is 35.7 Å². The minimum absolute atomic E-state index is 0.521. The minimum atomic E-state index is 0.521. The van der Waals surface area contributed by atoms with Gasteiger partial charge in [-0.25, -0.2) is 0 Å². The highest BCUT2D eigenvalue weighted by Gasteiger charge is 2.49. The molecule has 20 heavy (non-hydrogen) atoms. The van der Waals surface area contributed by atoms with Gasteiger partial charge in [0.05, 0.1) is 6.07 Å². The zero-order chi connectivity index (χ0) is 13.5. The molecular formula is C18H20N2. The van der Waals surface area contributed by atoms with Crippen LogP contribution in [0.4, 0.5) is 0 Å². The maximum Gasteiger partial charge on any atom is 0.0950 e. The molecule has 4 fully saturated rings. The average Bonchev–Trinajstić information content (AvgIpc) is 2.46. The summed E-state index contributed by atoms with van der Waals surface area (Å²) in [6.07, 6.45) is 12.6. The predicted octanol–water partition coefficient (Wildman–Crippen LogP) is 4.06. The van der Waals surface area contributed by atoms with Crippen molar-refractivity contribution in [1.29, 1.82) is 5.26 Å². The molecule has 2 heteroatoms. The van der Waals surface area contributed by atoms with Gasteiger partial charge < -0.3 is 0 Å². The molecule has 2 nitrogen and oxygen atoms in total. The Morgan fingerprint density at radius 1 is 1.15 bits per heavy atom. The van der Waals surface area contributed by atoms with Crippen LogP contribution in [-0.4, -0.2) is 4.98 Å². The van der Waals surface area contributed by atoms with Crippen LogP contribution in [0.5, 0.6) is 0 Å². The summed E-state index contributed by atoms with van der Waals surface area (Å²) in [6.45, 7) is 0. The maximum atomic E-state index is 9.63. The molecule has 0 unspecified atom stereocenters. The number of allylic oxidation sites excluding steroid dienone is 1. The third-order valence-electron chi connectivity index (χ3n) is 5.72. The molecule has 1 aromatic heterocycles. The van der Waals surface area contributed by atoms with Crippen LogP contribution in [0.1, 0.15) is 37.7 Å². The van der Waals surface area contributed by atoms with Crippen LogP contribution >= 0.6 is 0 Å². The third kappa shape index (κ3) is 1.97. The highest BCUT2D eigenvalue weighted by Crippen LogP contribution is 2.58. The van der Waals surface area contributed by atoms with Crippen molar-refractivity contribution in [3.8, 4) is 6.07 Å². The standard InChI is InChI=1S/C18H20N2/c19-10-17(5-12-2-1-3-20-11-12)18-15-6-13-4-14(8-15)9-16(18)7-13/h1-3,5,11,13-16,18H,4,6-9H2/b17-5-. The topological polar surface area (TPSA) is 36.7 Å². The summed E-state index contributed by atoms with van der Waals surface area (Å²) in [5.74, 6) is 4.00. The fraction of sp³-hybridized carbons (Fsp3) is 0.556. The minimum Gasteiger partial charge on any atom is -0.264 e. The molecule has 0 N–H and O–H groups in total. The Morgan fingerprint density at radius 2 is 1.85 bits per heavy atom. The van der Waals surface area contributed by atoms with Gasteiger partial charge in [-0.05, 0) is 79.4 Å². The summed E-state index contributed by atoms with van der Waals surface area (Å²) in [4.78, 5) is 4.15. The number of rotatable bonds is 2. The smallest absolute Gasteiger partial charge is 0.0950 e. The number of nitrogens with zero attached hydrogens (tertiary/aromatic N) is 2. The van der Waals surface area contributed by atoms with E-state index in [1.165, 1.54) is 32.1 Å². The Morgan fingerprint density at radius 3 is 2.40 bits per heavy atom. The molecule has 1 heterocycles. The molecule has 5 rings (SSSR count). The summed E-state index contributed by atoms with van der Waals surface area (Å²) in [6, 6.07) is 6.50. The van der Waals surface area contributed by atoms with E-state index >= 15 is 0 Å². The van der Waals surface area contributed by atoms with E-state index in [1.54, 1.807) is 6.20 Å². The molecule has 4 saturated carbocycles. The molecule has 4 aliphatic rings. The summed E-state index contributed by atoms with van der Waals surface area (Å²) in [5, 5.41) is 9.63. The second-order valence-electron chi connectivity index (χ2n) is 6.95. The van der Waals surface area contributed by atoms with Gasteiger partial charge in [-0.15, -0.1) is 0 Å². The number of hydrogen-bond donors (Lipinski definition) is 0. The van der Waals surface area contributed by atoms with Gasteiger partial charge in [0.1, 0.15) is 0 Å². The van der Waals surface area contributed by atoms with Gasteiger partial charge in [0.2, 0.25) is 0 Å². The van der Waals surface area contributed by atoms with Crippen molar-refractivity contribution >= 4 is 6.08 Å². The molecule has 0 radical (unpaired) electrons. The van der Waals surface area contributed by atoms with Crippen LogP contribution in [-0.2, 0) is 0 Å². The summed E-state index contributed by atoms with van der Waals surface area (Å²) < 4.78 is 0. The van der Waals surface area contributed by atoms with Crippen molar-refractivity contribution in [3.63, 3.8) is 0 Å². The van der Waals surface area contributed by atoms with E-state index < -0.39 is 0 Å². The highest BCUT2D eigenvalue weighted by molar-refractivity contribution is 5.57. The van der Waals surface area contributed by atoms with Crippen LogP contribution in [0.25, 0.3) is 6.08 Å². The van der Waals surface area contributed by atoms with Crippen molar-refractivity contribution in [2.45, 2.75) is 32.1 Å². The third-order valence-corrected chi connectivity index (χ3v) is 5.72. The number of hydrogen-bond acceptors (Lipinski definition) is 2. The maximum absolute atomic E-state index is 9.63. The van der Waals surface area contributed by atoms with Crippen LogP contribution in [0, 0.1) is 40.9 Å². The number of nitriles is 1. The van der Waals surface area contributed by atoms with Gasteiger partial charge in [-0.3, -0.25) is 4.98 Å². The fourth-order valence-electron chi connectivity index (χ4n) is 5.28. The SMILES string of the molecule is N#C/C(=C/c1cccnc1)C1C2CC3CC(C2)CC1C3. The van der Waals surface area contributed by atoms with Gasteiger partial charge in [-0.1, -0.05) is 6.07 Å². The molecule has 0 amide bonds. The molecule has 102 valence electrons. The van der Waals surface area contributed by atoms with Crippen molar-refractivity contribution in [1.82, 2.24) is 4.98 Å². The average molecular weight is 264 g/mol. The lowest BCUT2D eigenvalue weighted by atomic mass is 9.50. The number of aromatic nitrogens is 1. The second-order valence-corrected chi connectivity index (χ2v) is 6.95. The van der Waals surface area contributed by atoms with Crippen molar-refractivity contribution in [2.75, 3.05) is 0 Å².